The first kappa shape index (κ1) is 11.6. The number of rotatable bonds is 4. The van der Waals surface area contributed by atoms with Gasteiger partial charge in [0, 0.05) is 24.5 Å². The van der Waals surface area contributed by atoms with Crippen molar-refractivity contribution in [2.45, 2.75) is 26.3 Å². The molecule has 1 aromatic carbocycles. The van der Waals surface area contributed by atoms with E-state index in [9.17, 15) is 9.59 Å². The van der Waals surface area contributed by atoms with Crippen LogP contribution in [0.15, 0.2) is 41.3 Å². The summed E-state index contributed by atoms with van der Waals surface area (Å²) in [5.41, 5.74) is 0.0200. The van der Waals surface area contributed by atoms with Crippen LogP contribution >= 0.6 is 0 Å². The lowest BCUT2D eigenvalue weighted by atomic mass is 10.1. The normalized spacial score (nSPS) is 10.6. The first-order chi connectivity index (χ1) is 8.18. The predicted molar refractivity (Wildman–Crippen MR) is 68.1 cm³/mol. The summed E-state index contributed by atoms with van der Waals surface area (Å²) in [5, 5.41) is 1.69. The molecule has 0 radical (unpaired) electrons. The second-order valence-corrected chi connectivity index (χ2v) is 4.21. The zero-order chi connectivity index (χ0) is 12.3. The van der Waals surface area contributed by atoms with Gasteiger partial charge in [-0.3, -0.25) is 4.79 Å². The lowest BCUT2D eigenvalue weighted by Crippen LogP contribution is -2.19. The highest BCUT2D eigenvalue weighted by Crippen LogP contribution is 2.08. The van der Waals surface area contributed by atoms with Crippen LogP contribution in [0.2, 0.25) is 0 Å². The van der Waals surface area contributed by atoms with Gasteiger partial charge in [-0.2, -0.15) is 0 Å². The Morgan fingerprint density at radius 2 is 2.00 bits per heavy atom. The van der Waals surface area contributed by atoms with E-state index in [0.717, 1.165) is 10.8 Å². The van der Waals surface area contributed by atoms with E-state index in [1.54, 1.807) is 17.7 Å². The van der Waals surface area contributed by atoms with Gasteiger partial charge in [0.1, 0.15) is 5.78 Å². The monoisotopic (exact) mass is 229 g/mol. The Morgan fingerprint density at radius 3 is 2.76 bits per heavy atom. The fraction of sp³-hybridized carbons (Fsp3) is 0.286. The molecule has 3 heteroatoms. The Bertz CT molecular complexity index is 598. The maximum atomic E-state index is 12.1. The largest absolute Gasteiger partial charge is 0.315 e. The number of aryl methyl sites for hydroxylation is 1. The molecule has 88 valence electrons. The number of ketones is 1. The number of carbonyl (C=O) groups is 1. The fourth-order valence-electron chi connectivity index (χ4n) is 1.90. The molecule has 1 heterocycles. The van der Waals surface area contributed by atoms with Crippen LogP contribution in [0.1, 0.15) is 19.8 Å². The number of Topliss-reactive ketones (excluding diaryl/α,β-unsaturated/α-hetero) is 1. The van der Waals surface area contributed by atoms with Crippen molar-refractivity contribution < 1.29 is 4.79 Å². The van der Waals surface area contributed by atoms with E-state index < -0.39 is 0 Å². The summed E-state index contributed by atoms with van der Waals surface area (Å²) in [5.74, 6) is 0.166. The number of hydrogen-bond donors (Lipinski definition) is 0. The minimum atomic E-state index is 0.0200. The molecule has 3 nitrogen and oxygen atoms in total. The predicted octanol–water partition coefficient (Wildman–Crippen LogP) is 2.37. The van der Waals surface area contributed by atoms with E-state index in [1.807, 2.05) is 30.3 Å². The SMILES string of the molecule is CC(=O)CCCn1ccc2ccccc2c1=O. The molecule has 17 heavy (non-hydrogen) atoms. The summed E-state index contributed by atoms with van der Waals surface area (Å²) < 4.78 is 1.67. The van der Waals surface area contributed by atoms with Gasteiger partial charge in [-0.15, -0.1) is 0 Å². The third kappa shape index (κ3) is 2.61. The molecule has 0 fully saturated rings. The highest BCUT2D eigenvalue weighted by Gasteiger charge is 2.02. The smallest absolute Gasteiger partial charge is 0.258 e. The van der Waals surface area contributed by atoms with Crippen LogP contribution in [0.5, 0.6) is 0 Å². The van der Waals surface area contributed by atoms with Crippen molar-refractivity contribution in [3.8, 4) is 0 Å². The summed E-state index contributed by atoms with van der Waals surface area (Å²) in [4.78, 5) is 22.9. The molecule has 0 aliphatic heterocycles. The summed E-state index contributed by atoms with van der Waals surface area (Å²) in [6, 6.07) is 9.48. The van der Waals surface area contributed by atoms with E-state index in [0.29, 0.717) is 19.4 Å². The minimum Gasteiger partial charge on any atom is -0.315 e. The Hall–Kier alpha value is -1.90. The molecule has 0 saturated carbocycles. The molecule has 0 spiro atoms. The Labute approximate surface area is 99.7 Å². The summed E-state index contributed by atoms with van der Waals surface area (Å²) in [6.45, 7) is 2.17. The molecule has 0 atom stereocenters. The Morgan fingerprint density at radius 1 is 1.24 bits per heavy atom. The summed E-state index contributed by atoms with van der Waals surface area (Å²) in [7, 11) is 0. The number of carbonyl (C=O) groups excluding carboxylic acids is 1. The van der Waals surface area contributed by atoms with Crippen molar-refractivity contribution in [2.75, 3.05) is 0 Å². The fourth-order valence-corrected chi connectivity index (χ4v) is 1.90. The Balaban J connectivity index is 2.27. The van der Waals surface area contributed by atoms with Gasteiger partial charge >= 0.3 is 0 Å². The van der Waals surface area contributed by atoms with Crippen LogP contribution in [0.3, 0.4) is 0 Å². The van der Waals surface area contributed by atoms with Gasteiger partial charge in [0.25, 0.3) is 5.56 Å². The standard InChI is InChI=1S/C14H15NO2/c1-11(16)5-4-9-15-10-8-12-6-2-3-7-13(12)14(15)17/h2-3,6-8,10H,4-5,9H2,1H3. The van der Waals surface area contributed by atoms with Crippen LogP contribution < -0.4 is 5.56 Å². The van der Waals surface area contributed by atoms with Gasteiger partial charge in [-0.05, 0) is 30.9 Å². The molecule has 0 aliphatic carbocycles. The second-order valence-electron chi connectivity index (χ2n) is 4.21. The Kier molecular flexibility index (Phi) is 3.38. The molecule has 2 rings (SSSR count). The van der Waals surface area contributed by atoms with Crippen molar-refractivity contribution in [3.05, 3.63) is 46.9 Å². The summed E-state index contributed by atoms with van der Waals surface area (Å²) >= 11 is 0. The highest BCUT2D eigenvalue weighted by molar-refractivity contribution is 5.81. The zero-order valence-electron chi connectivity index (χ0n) is 9.85. The quantitative estimate of drug-likeness (QED) is 0.807. The molecule has 0 aliphatic rings. The second kappa shape index (κ2) is 4.95. The molecule has 0 saturated heterocycles. The van der Waals surface area contributed by atoms with Gasteiger partial charge in [0.2, 0.25) is 0 Å². The number of pyridine rings is 1. The van der Waals surface area contributed by atoms with E-state index >= 15 is 0 Å². The number of aromatic nitrogens is 1. The molecule has 0 unspecified atom stereocenters. The van der Waals surface area contributed by atoms with E-state index in [2.05, 4.69) is 0 Å². The maximum Gasteiger partial charge on any atom is 0.258 e. The third-order valence-electron chi connectivity index (χ3n) is 2.81. The van der Waals surface area contributed by atoms with Crippen LogP contribution in [0, 0.1) is 0 Å². The average molecular weight is 229 g/mol. The van der Waals surface area contributed by atoms with Crippen LogP contribution in [-0.4, -0.2) is 10.4 Å². The highest BCUT2D eigenvalue weighted by atomic mass is 16.1. The van der Waals surface area contributed by atoms with Crippen LogP contribution in [-0.2, 0) is 11.3 Å². The zero-order valence-corrected chi connectivity index (χ0v) is 9.85. The van der Waals surface area contributed by atoms with Crippen molar-refractivity contribution >= 4 is 16.6 Å². The lowest BCUT2D eigenvalue weighted by molar-refractivity contribution is -0.117. The molecule has 0 amide bonds. The van der Waals surface area contributed by atoms with E-state index in [1.165, 1.54) is 0 Å². The topological polar surface area (TPSA) is 39.1 Å². The number of hydrogen-bond acceptors (Lipinski definition) is 2. The molecule has 1 aromatic heterocycles. The van der Waals surface area contributed by atoms with E-state index in [-0.39, 0.29) is 11.3 Å². The lowest BCUT2D eigenvalue weighted by Gasteiger charge is -2.06. The van der Waals surface area contributed by atoms with Crippen molar-refractivity contribution in [3.63, 3.8) is 0 Å². The number of fused-ring (bicyclic) bond motifs is 1. The van der Waals surface area contributed by atoms with Crippen LogP contribution in [0.25, 0.3) is 10.8 Å². The van der Waals surface area contributed by atoms with Gasteiger partial charge in [0.05, 0.1) is 0 Å². The first-order valence-electron chi connectivity index (χ1n) is 5.76. The first-order valence-corrected chi connectivity index (χ1v) is 5.76. The maximum absolute atomic E-state index is 12.1. The molecule has 2 aromatic rings. The van der Waals surface area contributed by atoms with Crippen molar-refractivity contribution in [2.24, 2.45) is 0 Å². The van der Waals surface area contributed by atoms with E-state index in [4.69, 9.17) is 0 Å². The van der Waals surface area contributed by atoms with Gasteiger partial charge in [-0.1, -0.05) is 18.2 Å². The molecule has 0 bridgehead atoms. The van der Waals surface area contributed by atoms with Crippen molar-refractivity contribution in [1.29, 1.82) is 0 Å². The van der Waals surface area contributed by atoms with Gasteiger partial charge < -0.3 is 9.36 Å². The third-order valence-corrected chi connectivity index (χ3v) is 2.81. The van der Waals surface area contributed by atoms with Crippen molar-refractivity contribution in [1.82, 2.24) is 4.57 Å². The number of benzene rings is 1. The summed E-state index contributed by atoms with van der Waals surface area (Å²) in [6.07, 6.45) is 3.04. The van der Waals surface area contributed by atoms with Gasteiger partial charge in [0.15, 0.2) is 0 Å². The van der Waals surface area contributed by atoms with Crippen LogP contribution in [0.4, 0.5) is 0 Å². The van der Waals surface area contributed by atoms with Gasteiger partial charge in [-0.25, -0.2) is 0 Å². The number of nitrogens with zero attached hydrogens (tertiary/aromatic N) is 1. The average Bonchev–Trinajstić information content (AvgIpc) is 2.32. The molecular formula is C14H15NO2. The molecule has 0 N–H and O–H groups in total. The minimum absolute atomic E-state index is 0.0200. The molecular weight excluding hydrogens is 214 g/mol.